The first-order chi connectivity index (χ1) is 8.85. The Morgan fingerprint density at radius 2 is 2.44 bits per heavy atom. The Morgan fingerprint density at radius 1 is 1.56 bits per heavy atom. The third-order valence-electron chi connectivity index (χ3n) is 2.95. The van der Waals surface area contributed by atoms with Crippen molar-refractivity contribution in [2.24, 2.45) is 0 Å². The summed E-state index contributed by atoms with van der Waals surface area (Å²) in [5.41, 5.74) is 1.22. The molecule has 0 radical (unpaired) electrons. The summed E-state index contributed by atoms with van der Waals surface area (Å²) in [6.07, 6.45) is 6.83. The van der Waals surface area contributed by atoms with E-state index in [1.165, 1.54) is 5.56 Å². The van der Waals surface area contributed by atoms with Crippen molar-refractivity contribution in [1.82, 2.24) is 5.32 Å². The van der Waals surface area contributed by atoms with Crippen LogP contribution in [0.5, 0.6) is 11.5 Å². The largest absolute Gasteiger partial charge is 0.493 e. The molecule has 0 saturated carbocycles. The van der Waals surface area contributed by atoms with Crippen LogP contribution in [0, 0.1) is 12.3 Å². The molecule has 1 atom stereocenters. The van der Waals surface area contributed by atoms with Crippen molar-refractivity contribution in [2.75, 3.05) is 19.8 Å². The number of benzene rings is 1. The highest BCUT2D eigenvalue weighted by Gasteiger charge is 2.23. The summed E-state index contributed by atoms with van der Waals surface area (Å²) in [4.78, 5) is 0. The number of likely N-dealkylation sites (N-methyl/N-ethyl adjacent to an activating group) is 1. The zero-order chi connectivity index (χ0) is 12.8. The van der Waals surface area contributed by atoms with Crippen LogP contribution in [-0.4, -0.2) is 19.8 Å². The third kappa shape index (κ3) is 2.96. The summed E-state index contributed by atoms with van der Waals surface area (Å²) in [5, 5.41) is 3.39. The zero-order valence-corrected chi connectivity index (χ0v) is 10.7. The lowest BCUT2D eigenvalue weighted by Gasteiger charge is -2.10. The molecule has 0 saturated heterocycles. The van der Waals surface area contributed by atoms with E-state index in [4.69, 9.17) is 15.9 Å². The van der Waals surface area contributed by atoms with Crippen LogP contribution in [0.2, 0.25) is 0 Å². The van der Waals surface area contributed by atoms with Gasteiger partial charge in [-0.05, 0) is 25.1 Å². The van der Waals surface area contributed by atoms with Crippen LogP contribution >= 0.6 is 0 Å². The Bertz CT molecular complexity index is 437. The Labute approximate surface area is 108 Å². The van der Waals surface area contributed by atoms with Crippen molar-refractivity contribution in [2.45, 2.75) is 25.8 Å². The van der Waals surface area contributed by atoms with E-state index >= 15 is 0 Å². The molecule has 3 heteroatoms. The predicted octanol–water partition coefficient (Wildman–Crippen LogP) is 2.52. The fraction of sp³-hybridized carbons (Fsp3) is 0.467. The van der Waals surface area contributed by atoms with Gasteiger partial charge in [-0.15, -0.1) is 12.3 Å². The molecule has 1 aliphatic heterocycles. The van der Waals surface area contributed by atoms with Crippen LogP contribution in [0.3, 0.4) is 0 Å². The minimum atomic E-state index is 0.306. The van der Waals surface area contributed by atoms with Crippen molar-refractivity contribution in [3.8, 4) is 23.8 Å². The van der Waals surface area contributed by atoms with Crippen LogP contribution < -0.4 is 14.8 Å². The lowest BCUT2D eigenvalue weighted by Crippen LogP contribution is -2.21. The number of terminal acetylenes is 1. The number of fused-ring (bicyclic) bond motifs is 1. The van der Waals surface area contributed by atoms with Gasteiger partial charge in [-0.1, -0.05) is 6.92 Å². The van der Waals surface area contributed by atoms with Gasteiger partial charge in [0.1, 0.15) is 18.1 Å². The summed E-state index contributed by atoms with van der Waals surface area (Å²) in [6.45, 7) is 4.39. The normalized spacial score (nSPS) is 16.8. The van der Waals surface area contributed by atoms with Gasteiger partial charge in [-0.2, -0.15) is 0 Å². The van der Waals surface area contributed by atoms with Crippen LogP contribution in [-0.2, 0) is 0 Å². The van der Waals surface area contributed by atoms with Gasteiger partial charge in [-0.25, -0.2) is 0 Å². The molecule has 1 aromatic rings. The van der Waals surface area contributed by atoms with Crippen molar-refractivity contribution in [3.05, 3.63) is 23.8 Å². The smallest absolute Gasteiger partial charge is 0.127 e. The van der Waals surface area contributed by atoms with Crippen molar-refractivity contribution in [1.29, 1.82) is 0 Å². The SMILES string of the molecule is C#CCCCOc1ccc2c(c1)OCC2NCC. The van der Waals surface area contributed by atoms with Crippen LogP contribution in [0.25, 0.3) is 0 Å². The quantitative estimate of drug-likeness (QED) is 0.617. The van der Waals surface area contributed by atoms with Crippen LogP contribution in [0.15, 0.2) is 18.2 Å². The van der Waals surface area contributed by atoms with E-state index in [0.29, 0.717) is 19.3 Å². The topological polar surface area (TPSA) is 30.5 Å². The Kier molecular flexibility index (Phi) is 4.49. The highest BCUT2D eigenvalue weighted by molar-refractivity contribution is 5.45. The predicted molar refractivity (Wildman–Crippen MR) is 71.9 cm³/mol. The minimum absolute atomic E-state index is 0.306. The molecule has 18 heavy (non-hydrogen) atoms. The number of hydrogen-bond acceptors (Lipinski definition) is 3. The third-order valence-corrected chi connectivity index (χ3v) is 2.95. The number of hydrogen-bond donors (Lipinski definition) is 1. The number of ether oxygens (including phenoxy) is 2. The van der Waals surface area contributed by atoms with E-state index < -0.39 is 0 Å². The van der Waals surface area contributed by atoms with Gasteiger partial charge in [0.05, 0.1) is 12.6 Å². The maximum absolute atomic E-state index is 5.66. The van der Waals surface area contributed by atoms with Crippen LogP contribution in [0.4, 0.5) is 0 Å². The average molecular weight is 245 g/mol. The summed E-state index contributed by atoms with van der Waals surface area (Å²) in [7, 11) is 0. The summed E-state index contributed by atoms with van der Waals surface area (Å²) in [6, 6.07) is 6.34. The zero-order valence-electron chi connectivity index (χ0n) is 10.7. The molecular formula is C15H19NO2. The summed E-state index contributed by atoms with van der Waals surface area (Å²) >= 11 is 0. The molecule has 0 aromatic heterocycles. The summed E-state index contributed by atoms with van der Waals surface area (Å²) < 4.78 is 11.3. The molecule has 0 fully saturated rings. The second-order valence-corrected chi connectivity index (χ2v) is 4.28. The molecule has 0 aliphatic carbocycles. The first kappa shape index (κ1) is 12.8. The van der Waals surface area contributed by atoms with E-state index in [0.717, 1.165) is 30.9 Å². The number of rotatable bonds is 6. The average Bonchev–Trinajstić information content (AvgIpc) is 2.78. The molecule has 1 N–H and O–H groups in total. The first-order valence-corrected chi connectivity index (χ1v) is 6.41. The Hall–Kier alpha value is -1.66. The van der Waals surface area contributed by atoms with E-state index in [-0.39, 0.29) is 0 Å². The second-order valence-electron chi connectivity index (χ2n) is 4.28. The van der Waals surface area contributed by atoms with Gasteiger partial charge in [0.25, 0.3) is 0 Å². The lowest BCUT2D eigenvalue weighted by atomic mass is 10.1. The van der Waals surface area contributed by atoms with Gasteiger partial charge in [0, 0.05) is 18.1 Å². The minimum Gasteiger partial charge on any atom is -0.493 e. The van der Waals surface area contributed by atoms with Crippen molar-refractivity contribution >= 4 is 0 Å². The molecule has 96 valence electrons. The van der Waals surface area contributed by atoms with Gasteiger partial charge in [0.15, 0.2) is 0 Å². The molecule has 1 heterocycles. The van der Waals surface area contributed by atoms with Crippen molar-refractivity contribution in [3.63, 3.8) is 0 Å². The molecule has 3 nitrogen and oxygen atoms in total. The maximum Gasteiger partial charge on any atom is 0.127 e. The highest BCUT2D eigenvalue weighted by atomic mass is 16.5. The fourth-order valence-electron chi connectivity index (χ4n) is 2.06. The Balaban J connectivity index is 1.95. The van der Waals surface area contributed by atoms with Crippen LogP contribution in [0.1, 0.15) is 31.4 Å². The van der Waals surface area contributed by atoms with Gasteiger partial charge >= 0.3 is 0 Å². The van der Waals surface area contributed by atoms with E-state index in [1.807, 2.05) is 12.1 Å². The molecule has 2 rings (SSSR count). The first-order valence-electron chi connectivity index (χ1n) is 6.41. The number of nitrogens with one attached hydrogen (secondary N) is 1. The number of unbranched alkanes of at least 4 members (excludes halogenated alkanes) is 1. The summed E-state index contributed by atoms with van der Waals surface area (Å²) in [5.74, 6) is 4.38. The van der Waals surface area contributed by atoms with Gasteiger partial charge < -0.3 is 14.8 Å². The molecule has 1 aliphatic rings. The molecule has 0 amide bonds. The molecule has 1 unspecified atom stereocenters. The molecule has 1 aromatic carbocycles. The van der Waals surface area contributed by atoms with Crippen molar-refractivity contribution < 1.29 is 9.47 Å². The van der Waals surface area contributed by atoms with E-state index in [2.05, 4.69) is 24.2 Å². The maximum atomic E-state index is 5.66. The molecule has 0 spiro atoms. The lowest BCUT2D eigenvalue weighted by molar-refractivity contribution is 0.302. The van der Waals surface area contributed by atoms with Gasteiger partial charge in [-0.3, -0.25) is 0 Å². The fourth-order valence-corrected chi connectivity index (χ4v) is 2.06. The standard InChI is InChI=1S/C15H19NO2/c1-3-5-6-9-17-12-7-8-13-14(16-4-2)11-18-15(13)10-12/h1,7-8,10,14,16H,4-6,9,11H2,2H3. The monoisotopic (exact) mass is 245 g/mol. The molecular weight excluding hydrogens is 226 g/mol. The van der Waals surface area contributed by atoms with E-state index in [9.17, 15) is 0 Å². The highest BCUT2D eigenvalue weighted by Crippen LogP contribution is 2.35. The molecule has 0 bridgehead atoms. The second kappa shape index (κ2) is 6.32. The Morgan fingerprint density at radius 3 is 3.22 bits per heavy atom. The van der Waals surface area contributed by atoms with E-state index in [1.54, 1.807) is 0 Å². The van der Waals surface area contributed by atoms with Gasteiger partial charge in [0.2, 0.25) is 0 Å².